The molecule has 3 N–H and O–H groups in total. The Morgan fingerprint density at radius 2 is 2.05 bits per heavy atom. The predicted molar refractivity (Wildman–Crippen MR) is 72.2 cm³/mol. The van der Waals surface area contributed by atoms with Gasteiger partial charge in [-0.05, 0) is 12.1 Å². The van der Waals surface area contributed by atoms with Gasteiger partial charge in [-0.25, -0.2) is 0 Å². The molecule has 0 aliphatic heterocycles. The van der Waals surface area contributed by atoms with E-state index in [2.05, 4.69) is 5.16 Å². The lowest BCUT2D eigenvalue weighted by Crippen LogP contribution is -2.17. The highest BCUT2D eigenvalue weighted by Crippen LogP contribution is 2.26. The fourth-order valence-corrected chi connectivity index (χ4v) is 1.64. The van der Waals surface area contributed by atoms with E-state index in [0.29, 0.717) is 42.8 Å². The second-order valence-corrected chi connectivity index (χ2v) is 3.96. The van der Waals surface area contributed by atoms with Crippen LogP contribution >= 0.6 is 11.6 Å². The number of amidine groups is 1. The number of oxime groups is 1. The number of ether oxygens (including phenoxy) is 3. The Bertz CT molecular complexity index is 426. The van der Waals surface area contributed by atoms with E-state index in [1.54, 1.807) is 25.3 Å². The Hall–Kier alpha value is -1.50. The van der Waals surface area contributed by atoms with Crippen LogP contribution in [0.4, 0.5) is 0 Å². The van der Waals surface area contributed by atoms with Crippen molar-refractivity contribution in [1.82, 2.24) is 0 Å². The lowest BCUT2D eigenvalue weighted by atomic mass is 10.2. The van der Waals surface area contributed by atoms with Crippen LogP contribution in [0, 0.1) is 0 Å². The quantitative estimate of drug-likeness (QED) is 0.249. The Morgan fingerprint density at radius 1 is 1.32 bits per heavy atom. The Kier molecular flexibility index (Phi) is 7.02. The highest BCUT2D eigenvalue weighted by molar-refractivity contribution is 6.34. The van der Waals surface area contributed by atoms with Crippen molar-refractivity contribution >= 4 is 17.4 Å². The maximum absolute atomic E-state index is 8.72. The van der Waals surface area contributed by atoms with Crippen LogP contribution in [0.15, 0.2) is 23.4 Å². The number of benzene rings is 1. The zero-order valence-corrected chi connectivity index (χ0v) is 11.4. The van der Waals surface area contributed by atoms with Crippen LogP contribution < -0.4 is 10.5 Å². The molecule has 0 atom stereocenters. The molecule has 1 rings (SSSR count). The SMILES string of the molecule is COCCOCCOc1cccc(Cl)c1/C(N)=N/O. The summed E-state index contributed by atoms with van der Waals surface area (Å²) >= 11 is 5.98. The number of hydrogen-bond acceptors (Lipinski definition) is 5. The molecule has 0 bridgehead atoms. The first-order chi connectivity index (χ1) is 9.20. The maximum Gasteiger partial charge on any atom is 0.175 e. The van der Waals surface area contributed by atoms with Crippen LogP contribution in [-0.2, 0) is 9.47 Å². The van der Waals surface area contributed by atoms with Crippen LogP contribution in [0.25, 0.3) is 0 Å². The minimum absolute atomic E-state index is 0.0964. The van der Waals surface area contributed by atoms with E-state index in [4.69, 9.17) is 36.8 Å². The summed E-state index contributed by atoms with van der Waals surface area (Å²) < 4.78 is 15.6. The molecule has 19 heavy (non-hydrogen) atoms. The normalized spacial score (nSPS) is 11.6. The third-order valence-corrected chi connectivity index (χ3v) is 2.57. The lowest BCUT2D eigenvalue weighted by Gasteiger charge is -2.12. The van der Waals surface area contributed by atoms with Gasteiger partial charge in [0, 0.05) is 7.11 Å². The molecule has 7 heteroatoms. The molecule has 1 aromatic carbocycles. The molecule has 0 aliphatic rings. The van der Waals surface area contributed by atoms with Gasteiger partial charge < -0.3 is 25.2 Å². The third kappa shape index (κ3) is 4.94. The van der Waals surface area contributed by atoms with Gasteiger partial charge in [-0.15, -0.1) is 0 Å². The van der Waals surface area contributed by atoms with E-state index < -0.39 is 0 Å². The Morgan fingerprint density at radius 3 is 2.74 bits per heavy atom. The maximum atomic E-state index is 8.72. The van der Waals surface area contributed by atoms with Crippen LogP contribution in [0.1, 0.15) is 5.56 Å². The van der Waals surface area contributed by atoms with Gasteiger partial charge in [0.25, 0.3) is 0 Å². The van der Waals surface area contributed by atoms with Gasteiger partial charge in [0.1, 0.15) is 12.4 Å². The lowest BCUT2D eigenvalue weighted by molar-refractivity contribution is 0.0544. The molecule has 0 radical (unpaired) electrons. The zero-order valence-electron chi connectivity index (χ0n) is 10.6. The fraction of sp³-hybridized carbons (Fsp3) is 0.417. The largest absolute Gasteiger partial charge is 0.490 e. The van der Waals surface area contributed by atoms with Crippen LogP contribution in [0.3, 0.4) is 0 Å². The molecule has 0 aliphatic carbocycles. The Labute approximate surface area is 116 Å². The molecule has 6 nitrogen and oxygen atoms in total. The summed E-state index contributed by atoms with van der Waals surface area (Å²) in [6.45, 7) is 1.77. The smallest absolute Gasteiger partial charge is 0.175 e. The first-order valence-electron chi connectivity index (χ1n) is 5.66. The molecule has 0 saturated heterocycles. The topological polar surface area (TPSA) is 86.3 Å². The molecular formula is C12H17ClN2O4. The summed E-state index contributed by atoms with van der Waals surface area (Å²) in [7, 11) is 1.61. The van der Waals surface area contributed by atoms with Crippen LogP contribution in [0.5, 0.6) is 5.75 Å². The predicted octanol–water partition coefficient (Wildman–Crippen LogP) is 1.48. The minimum atomic E-state index is -0.0964. The summed E-state index contributed by atoms with van der Waals surface area (Å²) in [6.07, 6.45) is 0. The number of halogens is 1. The monoisotopic (exact) mass is 288 g/mol. The molecule has 0 unspecified atom stereocenters. The molecule has 0 aromatic heterocycles. The molecule has 0 saturated carbocycles. The average molecular weight is 289 g/mol. The van der Waals surface area contributed by atoms with Crippen LogP contribution in [0.2, 0.25) is 5.02 Å². The fourth-order valence-electron chi connectivity index (χ4n) is 1.38. The standard InChI is InChI=1S/C12H17ClN2O4/c1-17-5-6-18-7-8-19-10-4-2-3-9(13)11(10)12(14)15-16/h2-4,16H,5-8H2,1H3,(H2,14,15). The highest BCUT2D eigenvalue weighted by atomic mass is 35.5. The molecule has 0 heterocycles. The van der Waals surface area contributed by atoms with Gasteiger partial charge >= 0.3 is 0 Å². The zero-order chi connectivity index (χ0) is 14.1. The van der Waals surface area contributed by atoms with Crippen molar-refractivity contribution in [2.24, 2.45) is 10.9 Å². The van der Waals surface area contributed by atoms with Crippen molar-refractivity contribution in [2.75, 3.05) is 33.5 Å². The number of nitrogens with two attached hydrogens (primary N) is 1. The van der Waals surface area contributed by atoms with E-state index >= 15 is 0 Å². The van der Waals surface area contributed by atoms with Crippen molar-refractivity contribution in [3.05, 3.63) is 28.8 Å². The van der Waals surface area contributed by atoms with Gasteiger partial charge in [0.2, 0.25) is 0 Å². The van der Waals surface area contributed by atoms with Crippen molar-refractivity contribution in [3.8, 4) is 5.75 Å². The van der Waals surface area contributed by atoms with Gasteiger partial charge in [0.15, 0.2) is 5.84 Å². The van der Waals surface area contributed by atoms with E-state index in [1.807, 2.05) is 0 Å². The van der Waals surface area contributed by atoms with Gasteiger partial charge in [-0.1, -0.05) is 22.8 Å². The molecule has 0 amide bonds. The molecular weight excluding hydrogens is 272 g/mol. The number of methoxy groups -OCH3 is 1. The summed E-state index contributed by atoms with van der Waals surface area (Å²) in [4.78, 5) is 0. The first kappa shape index (κ1) is 15.6. The van der Waals surface area contributed by atoms with Crippen LogP contribution in [-0.4, -0.2) is 44.6 Å². The van der Waals surface area contributed by atoms with Crippen molar-refractivity contribution in [3.63, 3.8) is 0 Å². The van der Waals surface area contributed by atoms with Gasteiger partial charge in [-0.2, -0.15) is 0 Å². The number of nitrogens with zero attached hydrogens (tertiary/aromatic N) is 1. The average Bonchev–Trinajstić information content (AvgIpc) is 2.42. The summed E-state index contributed by atoms with van der Waals surface area (Å²) in [5.41, 5.74) is 5.92. The molecule has 106 valence electrons. The van der Waals surface area contributed by atoms with E-state index in [0.717, 1.165) is 0 Å². The van der Waals surface area contributed by atoms with Crippen molar-refractivity contribution < 1.29 is 19.4 Å². The summed E-state index contributed by atoms with van der Waals surface area (Å²) in [5, 5.41) is 12.0. The Balaban J connectivity index is 2.56. The van der Waals surface area contributed by atoms with Crippen molar-refractivity contribution in [2.45, 2.75) is 0 Å². The van der Waals surface area contributed by atoms with E-state index in [9.17, 15) is 0 Å². The van der Waals surface area contributed by atoms with Crippen molar-refractivity contribution in [1.29, 1.82) is 0 Å². The molecule has 0 spiro atoms. The minimum Gasteiger partial charge on any atom is -0.490 e. The van der Waals surface area contributed by atoms with E-state index in [1.165, 1.54) is 0 Å². The third-order valence-electron chi connectivity index (χ3n) is 2.26. The van der Waals surface area contributed by atoms with Gasteiger partial charge in [0.05, 0.1) is 30.4 Å². The summed E-state index contributed by atoms with van der Waals surface area (Å²) in [5.74, 6) is 0.346. The van der Waals surface area contributed by atoms with E-state index in [-0.39, 0.29) is 5.84 Å². The second-order valence-electron chi connectivity index (χ2n) is 3.55. The highest BCUT2D eigenvalue weighted by Gasteiger charge is 2.12. The molecule has 1 aromatic rings. The second kappa shape index (κ2) is 8.58. The first-order valence-corrected chi connectivity index (χ1v) is 6.04. The number of hydrogen-bond donors (Lipinski definition) is 2. The number of rotatable bonds is 8. The van der Waals surface area contributed by atoms with Gasteiger partial charge in [-0.3, -0.25) is 0 Å². The molecule has 0 fully saturated rings. The summed E-state index contributed by atoms with van der Waals surface area (Å²) in [6, 6.07) is 5.04.